The van der Waals surface area contributed by atoms with E-state index in [1.54, 1.807) is 28.9 Å². The number of aromatic nitrogens is 2. The van der Waals surface area contributed by atoms with Crippen molar-refractivity contribution in [3.63, 3.8) is 0 Å². The Morgan fingerprint density at radius 1 is 0.952 bits per heavy atom. The number of phenolic OH excluding ortho intramolecular Hbond substituents is 2. The summed E-state index contributed by atoms with van der Waals surface area (Å²) in [5.74, 6) is 0.447. The molecule has 0 amide bonds. The van der Waals surface area contributed by atoms with E-state index in [9.17, 15) is 10.2 Å². The molecule has 5 heteroatoms. The Labute approximate surface area is 130 Å². The van der Waals surface area contributed by atoms with Crippen molar-refractivity contribution in [1.29, 1.82) is 0 Å². The Balaban J connectivity index is 2.07. The van der Waals surface area contributed by atoms with E-state index in [1.165, 1.54) is 0 Å². The van der Waals surface area contributed by atoms with E-state index in [4.69, 9.17) is 0 Å². The van der Waals surface area contributed by atoms with Crippen LogP contribution in [0.3, 0.4) is 0 Å². The van der Waals surface area contributed by atoms with Crippen LogP contribution in [0.1, 0.15) is 0 Å². The predicted molar refractivity (Wildman–Crippen MR) is 85.1 cm³/mol. The highest BCUT2D eigenvalue weighted by Gasteiger charge is 2.12. The van der Waals surface area contributed by atoms with Gasteiger partial charge in [-0.3, -0.25) is 4.68 Å². The minimum atomic E-state index is 0.214. The summed E-state index contributed by atoms with van der Waals surface area (Å²) in [6, 6.07) is 14.1. The Kier molecular flexibility index (Phi) is 3.43. The van der Waals surface area contributed by atoms with Crippen LogP contribution < -0.4 is 0 Å². The number of hydrogen-bond donors (Lipinski definition) is 2. The molecule has 0 aliphatic heterocycles. The number of phenols is 2. The standard InChI is InChI=1S/C16H13BrN2O2/c1-19-16(13-7-6-12(21)8-14(13)17)9-15(18-19)10-2-4-11(20)5-3-10/h2-9,20-21H,1H3. The van der Waals surface area contributed by atoms with Gasteiger partial charge in [0.25, 0.3) is 0 Å². The van der Waals surface area contributed by atoms with Crippen LogP contribution in [-0.4, -0.2) is 20.0 Å². The number of aryl methyl sites for hydroxylation is 1. The SMILES string of the molecule is Cn1nc(-c2ccc(O)cc2)cc1-c1ccc(O)cc1Br. The van der Waals surface area contributed by atoms with Crippen molar-refractivity contribution in [2.75, 3.05) is 0 Å². The summed E-state index contributed by atoms with van der Waals surface area (Å²) in [4.78, 5) is 0. The maximum absolute atomic E-state index is 9.49. The van der Waals surface area contributed by atoms with Crippen LogP contribution in [0.15, 0.2) is 53.0 Å². The lowest BCUT2D eigenvalue weighted by Gasteiger charge is -2.04. The third-order valence-corrected chi connectivity index (χ3v) is 3.93. The maximum atomic E-state index is 9.49. The first-order valence-corrected chi connectivity index (χ1v) is 7.16. The van der Waals surface area contributed by atoms with Crippen LogP contribution >= 0.6 is 15.9 Å². The fourth-order valence-corrected chi connectivity index (χ4v) is 2.77. The average Bonchev–Trinajstić information content (AvgIpc) is 2.81. The van der Waals surface area contributed by atoms with E-state index in [1.807, 2.05) is 31.3 Å². The Bertz CT molecular complexity index is 795. The molecule has 0 spiro atoms. The number of aromatic hydroxyl groups is 2. The molecule has 3 rings (SSSR count). The smallest absolute Gasteiger partial charge is 0.116 e. The normalized spacial score (nSPS) is 10.8. The summed E-state index contributed by atoms with van der Waals surface area (Å²) < 4.78 is 2.60. The minimum absolute atomic E-state index is 0.214. The van der Waals surface area contributed by atoms with Crippen LogP contribution in [0, 0.1) is 0 Å². The van der Waals surface area contributed by atoms with E-state index in [0.717, 1.165) is 27.0 Å². The first kappa shape index (κ1) is 13.7. The van der Waals surface area contributed by atoms with Gasteiger partial charge in [0.15, 0.2) is 0 Å². The zero-order chi connectivity index (χ0) is 15.0. The topological polar surface area (TPSA) is 58.3 Å². The molecule has 1 aromatic heterocycles. The summed E-state index contributed by atoms with van der Waals surface area (Å²) in [7, 11) is 1.87. The fraction of sp³-hybridized carbons (Fsp3) is 0.0625. The Morgan fingerprint density at radius 2 is 1.62 bits per heavy atom. The molecule has 0 aliphatic rings. The van der Waals surface area contributed by atoms with Gasteiger partial charge in [0.05, 0.1) is 11.4 Å². The van der Waals surface area contributed by atoms with E-state index >= 15 is 0 Å². The molecule has 0 aliphatic carbocycles. The molecule has 0 unspecified atom stereocenters. The van der Waals surface area contributed by atoms with Gasteiger partial charge in [-0.05, 0) is 64.5 Å². The molecule has 106 valence electrons. The lowest BCUT2D eigenvalue weighted by Crippen LogP contribution is -1.94. The number of hydrogen-bond acceptors (Lipinski definition) is 3. The zero-order valence-corrected chi connectivity index (χ0v) is 12.9. The third kappa shape index (κ3) is 2.64. The molecule has 2 aromatic carbocycles. The van der Waals surface area contributed by atoms with Crippen LogP contribution in [0.25, 0.3) is 22.5 Å². The van der Waals surface area contributed by atoms with Crippen molar-refractivity contribution >= 4 is 15.9 Å². The summed E-state index contributed by atoms with van der Waals surface area (Å²) in [6.07, 6.45) is 0. The Hall–Kier alpha value is -2.27. The van der Waals surface area contributed by atoms with Gasteiger partial charge in [-0.1, -0.05) is 0 Å². The summed E-state index contributed by atoms with van der Waals surface area (Å²) >= 11 is 3.46. The minimum Gasteiger partial charge on any atom is -0.508 e. The first-order chi connectivity index (χ1) is 10.0. The maximum Gasteiger partial charge on any atom is 0.116 e. The van der Waals surface area contributed by atoms with E-state index in [-0.39, 0.29) is 11.5 Å². The highest BCUT2D eigenvalue weighted by Crippen LogP contribution is 2.33. The van der Waals surface area contributed by atoms with E-state index < -0.39 is 0 Å². The molecule has 2 N–H and O–H groups in total. The van der Waals surface area contributed by atoms with Crippen LogP contribution in [0.2, 0.25) is 0 Å². The van der Waals surface area contributed by atoms with E-state index in [2.05, 4.69) is 21.0 Å². The van der Waals surface area contributed by atoms with Gasteiger partial charge in [-0.25, -0.2) is 0 Å². The molecule has 0 saturated heterocycles. The van der Waals surface area contributed by atoms with Crippen molar-refractivity contribution < 1.29 is 10.2 Å². The molecule has 0 fully saturated rings. The van der Waals surface area contributed by atoms with Gasteiger partial charge in [-0.15, -0.1) is 0 Å². The lowest BCUT2D eigenvalue weighted by molar-refractivity contribution is 0.474. The second-order valence-corrected chi connectivity index (χ2v) is 5.60. The van der Waals surface area contributed by atoms with Crippen molar-refractivity contribution in [2.45, 2.75) is 0 Å². The number of rotatable bonds is 2. The molecule has 3 aromatic rings. The van der Waals surface area contributed by atoms with Crippen molar-refractivity contribution in [2.24, 2.45) is 7.05 Å². The van der Waals surface area contributed by atoms with Gasteiger partial charge < -0.3 is 10.2 Å². The monoisotopic (exact) mass is 344 g/mol. The second kappa shape index (κ2) is 5.26. The van der Waals surface area contributed by atoms with Gasteiger partial charge >= 0.3 is 0 Å². The van der Waals surface area contributed by atoms with Crippen molar-refractivity contribution in [3.8, 4) is 34.0 Å². The second-order valence-electron chi connectivity index (χ2n) is 4.75. The average molecular weight is 345 g/mol. The first-order valence-electron chi connectivity index (χ1n) is 6.37. The molecular formula is C16H13BrN2O2. The molecular weight excluding hydrogens is 332 g/mol. The number of halogens is 1. The molecule has 1 heterocycles. The molecule has 4 nitrogen and oxygen atoms in total. The fourth-order valence-electron chi connectivity index (χ4n) is 2.20. The summed E-state index contributed by atoms with van der Waals surface area (Å²) in [5, 5.41) is 23.3. The summed E-state index contributed by atoms with van der Waals surface area (Å²) in [5.41, 5.74) is 3.65. The van der Waals surface area contributed by atoms with Gasteiger partial charge in [-0.2, -0.15) is 5.10 Å². The quantitative estimate of drug-likeness (QED) is 0.740. The summed E-state index contributed by atoms with van der Waals surface area (Å²) in [6.45, 7) is 0. The zero-order valence-electron chi connectivity index (χ0n) is 11.3. The third-order valence-electron chi connectivity index (χ3n) is 3.27. The number of benzene rings is 2. The van der Waals surface area contributed by atoms with Crippen molar-refractivity contribution in [1.82, 2.24) is 9.78 Å². The predicted octanol–water partition coefficient (Wildman–Crippen LogP) is 3.93. The van der Waals surface area contributed by atoms with Gasteiger partial charge in [0.2, 0.25) is 0 Å². The highest BCUT2D eigenvalue weighted by molar-refractivity contribution is 9.10. The van der Waals surface area contributed by atoms with Gasteiger partial charge in [0, 0.05) is 22.6 Å². The Morgan fingerprint density at radius 3 is 2.29 bits per heavy atom. The molecule has 0 saturated carbocycles. The molecule has 0 atom stereocenters. The van der Waals surface area contributed by atoms with Crippen molar-refractivity contribution in [3.05, 3.63) is 53.0 Å². The molecule has 0 radical (unpaired) electrons. The van der Waals surface area contributed by atoms with Gasteiger partial charge in [0.1, 0.15) is 11.5 Å². The number of nitrogens with zero attached hydrogens (tertiary/aromatic N) is 2. The molecule has 21 heavy (non-hydrogen) atoms. The van der Waals surface area contributed by atoms with E-state index in [0.29, 0.717) is 0 Å². The largest absolute Gasteiger partial charge is 0.508 e. The lowest BCUT2D eigenvalue weighted by atomic mass is 10.1. The van der Waals surface area contributed by atoms with Crippen LogP contribution in [0.4, 0.5) is 0 Å². The van der Waals surface area contributed by atoms with Crippen LogP contribution in [-0.2, 0) is 7.05 Å². The van der Waals surface area contributed by atoms with Crippen LogP contribution in [0.5, 0.6) is 11.5 Å². The highest BCUT2D eigenvalue weighted by atomic mass is 79.9. The molecule has 0 bridgehead atoms.